The lowest BCUT2D eigenvalue weighted by Crippen LogP contribution is -2.30. The number of likely N-dealkylation sites (tertiary alicyclic amines) is 1. The number of nitrogens with zero attached hydrogens (tertiary/aromatic N) is 1. The van der Waals surface area contributed by atoms with Crippen LogP contribution in [0.3, 0.4) is 0 Å². The maximum Gasteiger partial charge on any atom is 0.253 e. The smallest absolute Gasteiger partial charge is 0.253 e. The third kappa shape index (κ3) is 3.63. The van der Waals surface area contributed by atoms with Crippen LogP contribution >= 0.6 is 0 Å². The Morgan fingerprint density at radius 1 is 1.52 bits per heavy atom. The second-order valence-corrected chi connectivity index (χ2v) is 5.53. The Labute approximate surface area is 125 Å². The molecular formula is C17H21NO3. The number of aryl methyl sites for hydroxylation is 1. The molecule has 2 unspecified atom stereocenters. The molecule has 0 aliphatic carbocycles. The zero-order valence-corrected chi connectivity index (χ0v) is 12.5. The van der Waals surface area contributed by atoms with E-state index in [4.69, 9.17) is 5.11 Å². The molecule has 2 rings (SSSR count). The van der Waals surface area contributed by atoms with Crippen molar-refractivity contribution in [1.82, 2.24) is 4.90 Å². The van der Waals surface area contributed by atoms with E-state index in [1.807, 2.05) is 13.0 Å². The lowest BCUT2D eigenvalue weighted by Gasteiger charge is -2.18. The first-order valence-corrected chi connectivity index (χ1v) is 7.20. The summed E-state index contributed by atoms with van der Waals surface area (Å²) in [6.45, 7) is 4.78. The van der Waals surface area contributed by atoms with Crippen molar-refractivity contribution < 1.29 is 15.0 Å². The summed E-state index contributed by atoms with van der Waals surface area (Å²) in [5.74, 6) is 5.61. The van der Waals surface area contributed by atoms with Crippen molar-refractivity contribution in [3.63, 3.8) is 0 Å². The van der Waals surface area contributed by atoms with Crippen LogP contribution in [-0.4, -0.2) is 46.8 Å². The van der Waals surface area contributed by atoms with Crippen LogP contribution in [0, 0.1) is 24.7 Å². The van der Waals surface area contributed by atoms with Gasteiger partial charge in [-0.3, -0.25) is 4.79 Å². The van der Waals surface area contributed by atoms with Gasteiger partial charge in [0.25, 0.3) is 5.91 Å². The van der Waals surface area contributed by atoms with Gasteiger partial charge in [0, 0.05) is 30.1 Å². The summed E-state index contributed by atoms with van der Waals surface area (Å²) >= 11 is 0. The number of aliphatic hydroxyl groups is 2. The molecule has 2 N–H and O–H groups in total. The summed E-state index contributed by atoms with van der Waals surface area (Å²) in [7, 11) is 0. The second-order valence-electron chi connectivity index (χ2n) is 5.53. The summed E-state index contributed by atoms with van der Waals surface area (Å²) in [5.41, 5.74) is 2.35. The summed E-state index contributed by atoms with van der Waals surface area (Å²) in [6.07, 6.45) is 0.457. The van der Waals surface area contributed by atoms with E-state index in [9.17, 15) is 9.90 Å². The summed E-state index contributed by atoms with van der Waals surface area (Å²) in [4.78, 5) is 14.3. The second kappa shape index (κ2) is 6.75. The number of amides is 1. The number of rotatable bonds is 2. The number of benzene rings is 1. The Balaban J connectivity index is 2.17. The van der Waals surface area contributed by atoms with Gasteiger partial charge in [0.05, 0.1) is 6.10 Å². The van der Waals surface area contributed by atoms with Gasteiger partial charge in [0.15, 0.2) is 0 Å². The highest BCUT2D eigenvalue weighted by Crippen LogP contribution is 2.22. The highest BCUT2D eigenvalue weighted by molar-refractivity contribution is 5.95. The SMILES string of the molecule is Cc1ccc(C(=O)N2CCC(C(C)O)C2)cc1C#CCO. The highest BCUT2D eigenvalue weighted by Gasteiger charge is 2.29. The number of carbonyl (C=O) groups excluding carboxylic acids is 1. The van der Waals surface area contributed by atoms with Gasteiger partial charge in [-0.2, -0.15) is 0 Å². The Morgan fingerprint density at radius 3 is 2.90 bits per heavy atom. The monoisotopic (exact) mass is 287 g/mol. The maximum atomic E-state index is 12.5. The van der Waals surface area contributed by atoms with Crippen molar-refractivity contribution in [2.45, 2.75) is 26.4 Å². The van der Waals surface area contributed by atoms with Crippen LogP contribution < -0.4 is 0 Å². The molecule has 4 heteroatoms. The molecule has 1 aliphatic rings. The zero-order valence-electron chi connectivity index (χ0n) is 12.5. The van der Waals surface area contributed by atoms with Gasteiger partial charge in [-0.05, 0) is 38.0 Å². The zero-order chi connectivity index (χ0) is 15.4. The maximum absolute atomic E-state index is 12.5. The molecule has 1 aromatic carbocycles. The minimum absolute atomic E-state index is 0.0230. The summed E-state index contributed by atoms with van der Waals surface area (Å²) in [5, 5.41) is 18.4. The van der Waals surface area contributed by atoms with E-state index >= 15 is 0 Å². The Kier molecular flexibility index (Phi) is 5.00. The Hall–Kier alpha value is -1.83. The van der Waals surface area contributed by atoms with Crippen LogP contribution in [0.25, 0.3) is 0 Å². The Bertz CT molecular complexity index is 583. The standard InChI is InChI=1S/C17H21NO3/c1-12-5-6-15(10-14(12)4-3-9-19)17(21)18-8-7-16(11-18)13(2)20/h5-6,10,13,16,19-20H,7-9,11H2,1-2H3. The number of carbonyl (C=O) groups is 1. The molecule has 2 atom stereocenters. The fraction of sp³-hybridized carbons (Fsp3) is 0.471. The first-order valence-electron chi connectivity index (χ1n) is 7.20. The minimum atomic E-state index is -0.383. The largest absolute Gasteiger partial charge is 0.393 e. The van der Waals surface area contributed by atoms with Gasteiger partial charge in [-0.25, -0.2) is 0 Å². The van der Waals surface area contributed by atoms with Crippen LogP contribution in [0.2, 0.25) is 0 Å². The molecule has 21 heavy (non-hydrogen) atoms. The van der Waals surface area contributed by atoms with Gasteiger partial charge >= 0.3 is 0 Å². The number of aliphatic hydroxyl groups excluding tert-OH is 2. The van der Waals surface area contributed by atoms with Gasteiger partial charge in [-0.1, -0.05) is 17.9 Å². The first kappa shape index (κ1) is 15.6. The third-order valence-corrected chi connectivity index (χ3v) is 3.98. The number of hydrogen-bond donors (Lipinski definition) is 2. The highest BCUT2D eigenvalue weighted by atomic mass is 16.3. The van der Waals surface area contributed by atoms with Crippen molar-refractivity contribution in [2.75, 3.05) is 19.7 Å². The molecule has 1 amide bonds. The van der Waals surface area contributed by atoms with Crippen molar-refractivity contribution >= 4 is 5.91 Å². The lowest BCUT2D eigenvalue weighted by atomic mass is 10.0. The van der Waals surface area contributed by atoms with E-state index in [2.05, 4.69) is 11.8 Å². The summed E-state index contributed by atoms with van der Waals surface area (Å²) < 4.78 is 0. The van der Waals surface area contributed by atoms with E-state index in [1.54, 1.807) is 24.0 Å². The minimum Gasteiger partial charge on any atom is -0.393 e. The van der Waals surface area contributed by atoms with Crippen molar-refractivity contribution in [3.05, 3.63) is 34.9 Å². The van der Waals surface area contributed by atoms with Gasteiger partial charge in [-0.15, -0.1) is 0 Å². The average molecular weight is 287 g/mol. The normalized spacial score (nSPS) is 19.0. The van der Waals surface area contributed by atoms with Gasteiger partial charge < -0.3 is 15.1 Å². The molecule has 0 bridgehead atoms. The van der Waals surface area contributed by atoms with Crippen LogP contribution in [-0.2, 0) is 0 Å². The third-order valence-electron chi connectivity index (χ3n) is 3.98. The molecule has 1 aliphatic heterocycles. The van der Waals surface area contributed by atoms with Crippen LogP contribution in [0.15, 0.2) is 18.2 Å². The van der Waals surface area contributed by atoms with E-state index in [0.717, 1.165) is 17.5 Å². The molecular weight excluding hydrogens is 266 g/mol. The predicted molar refractivity (Wildman–Crippen MR) is 80.8 cm³/mol. The molecule has 0 aromatic heterocycles. The molecule has 0 radical (unpaired) electrons. The Morgan fingerprint density at radius 2 is 2.29 bits per heavy atom. The van der Waals surface area contributed by atoms with Crippen LogP contribution in [0.5, 0.6) is 0 Å². The molecule has 1 heterocycles. The quantitative estimate of drug-likeness (QED) is 0.803. The van der Waals surface area contributed by atoms with Crippen LogP contribution in [0.1, 0.15) is 34.8 Å². The molecule has 4 nitrogen and oxygen atoms in total. The summed E-state index contributed by atoms with van der Waals surface area (Å²) in [6, 6.07) is 5.45. The van der Waals surface area contributed by atoms with Crippen molar-refractivity contribution in [1.29, 1.82) is 0 Å². The van der Waals surface area contributed by atoms with E-state index < -0.39 is 0 Å². The topological polar surface area (TPSA) is 60.8 Å². The van der Waals surface area contributed by atoms with Crippen molar-refractivity contribution in [3.8, 4) is 11.8 Å². The molecule has 1 fully saturated rings. The first-order chi connectivity index (χ1) is 10.0. The molecule has 1 aromatic rings. The molecule has 0 spiro atoms. The predicted octanol–water partition coefficient (Wildman–Crippen LogP) is 1.18. The molecule has 1 saturated heterocycles. The number of hydrogen-bond acceptors (Lipinski definition) is 3. The average Bonchev–Trinajstić information content (AvgIpc) is 2.95. The van der Waals surface area contributed by atoms with Gasteiger partial charge in [0.1, 0.15) is 6.61 Å². The van der Waals surface area contributed by atoms with Crippen LogP contribution in [0.4, 0.5) is 0 Å². The fourth-order valence-corrected chi connectivity index (χ4v) is 2.57. The molecule has 112 valence electrons. The van der Waals surface area contributed by atoms with E-state index in [1.165, 1.54) is 0 Å². The fourth-order valence-electron chi connectivity index (χ4n) is 2.57. The lowest BCUT2D eigenvalue weighted by molar-refractivity contribution is 0.0762. The van der Waals surface area contributed by atoms with Gasteiger partial charge in [0.2, 0.25) is 0 Å². The molecule has 0 saturated carbocycles. The van der Waals surface area contributed by atoms with E-state index in [0.29, 0.717) is 18.7 Å². The van der Waals surface area contributed by atoms with E-state index in [-0.39, 0.29) is 24.5 Å². The van der Waals surface area contributed by atoms with Crippen molar-refractivity contribution in [2.24, 2.45) is 5.92 Å².